The number of hydrogen-bond donors (Lipinski definition) is 2. The highest BCUT2D eigenvalue weighted by atomic mass is 32.2. The molecule has 156 valence electrons. The molecule has 2 rings (SSSR count). The van der Waals surface area contributed by atoms with Gasteiger partial charge in [-0.15, -0.1) is 0 Å². The highest BCUT2D eigenvalue weighted by Gasteiger charge is 2.54. The summed E-state index contributed by atoms with van der Waals surface area (Å²) in [4.78, 5) is 23.1. The summed E-state index contributed by atoms with van der Waals surface area (Å²) >= 11 is 0. The fourth-order valence-electron chi connectivity index (χ4n) is 2.52. The Morgan fingerprint density at radius 2 is 1.93 bits per heavy atom. The van der Waals surface area contributed by atoms with Crippen LogP contribution in [0.3, 0.4) is 0 Å². The Labute approximate surface area is 163 Å². The van der Waals surface area contributed by atoms with E-state index in [1.54, 1.807) is 20.8 Å². The minimum absolute atomic E-state index is 0.0355. The van der Waals surface area contributed by atoms with E-state index >= 15 is 0 Å². The van der Waals surface area contributed by atoms with Crippen LogP contribution in [0.1, 0.15) is 40.0 Å². The predicted octanol–water partition coefficient (Wildman–Crippen LogP) is 1.52. The molecule has 3 N–H and O–H groups in total. The van der Waals surface area contributed by atoms with Crippen LogP contribution >= 0.6 is 0 Å². The van der Waals surface area contributed by atoms with Gasteiger partial charge in [-0.2, -0.15) is 0 Å². The van der Waals surface area contributed by atoms with Gasteiger partial charge in [0, 0.05) is 0 Å². The third-order valence-corrected chi connectivity index (χ3v) is 6.60. The molecule has 0 unspecified atom stereocenters. The molecule has 0 bridgehead atoms. The standard InChI is InChI=1S/C18H25NO8S/c1-17(2,3)27-14(21)10-15(26-16(19)22)25-12-5-4-6-13(9-12)28(23,24)18(11-20)7-8-18/h4-6,9,15,20H,7-8,10-11H2,1-3H3,(H2,19,22)/t15-/m0/s1. The lowest BCUT2D eigenvalue weighted by molar-refractivity contribution is -0.161. The van der Waals surface area contributed by atoms with Crippen molar-refractivity contribution < 1.29 is 37.3 Å². The van der Waals surface area contributed by atoms with Gasteiger partial charge in [0.2, 0.25) is 0 Å². The number of hydrogen-bond acceptors (Lipinski definition) is 8. The van der Waals surface area contributed by atoms with Gasteiger partial charge in [0.1, 0.15) is 17.8 Å². The number of carbonyl (C=O) groups is 2. The number of esters is 1. The van der Waals surface area contributed by atoms with Gasteiger partial charge in [0.15, 0.2) is 9.84 Å². The number of carbonyl (C=O) groups excluding carboxylic acids is 2. The molecule has 1 aliphatic rings. The first kappa shape index (κ1) is 22.0. The van der Waals surface area contributed by atoms with Crippen molar-refractivity contribution in [2.24, 2.45) is 5.73 Å². The molecule has 1 aromatic rings. The quantitative estimate of drug-likeness (QED) is 0.481. The number of nitrogens with two attached hydrogens (primary N) is 1. The molecule has 10 heteroatoms. The van der Waals surface area contributed by atoms with Crippen molar-refractivity contribution in [2.45, 2.75) is 61.6 Å². The monoisotopic (exact) mass is 415 g/mol. The molecule has 9 nitrogen and oxygen atoms in total. The molecule has 1 amide bonds. The third-order valence-electron chi connectivity index (χ3n) is 4.05. The largest absolute Gasteiger partial charge is 0.460 e. The van der Waals surface area contributed by atoms with E-state index in [0.29, 0.717) is 12.8 Å². The first-order valence-electron chi connectivity index (χ1n) is 8.69. The Morgan fingerprint density at radius 1 is 1.29 bits per heavy atom. The number of aliphatic hydroxyl groups excluding tert-OH is 1. The number of ether oxygens (including phenoxy) is 3. The molecule has 0 spiro atoms. The molecule has 1 atom stereocenters. The van der Waals surface area contributed by atoms with E-state index in [2.05, 4.69) is 0 Å². The highest BCUT2D eigenvalue weighted by Crippen LogP contribution is 2.46. The van der Waals surface area contributed by atoms with Crippen LogP contribution < -0.4 is 10.5 Å². The van der Waals surface area contributed by atoms with E-state index in [9.17, 15) is 23.1 Å². The Kier molecular flexibility index (Phi) is 6.24. The second-order valence-electron chi connectivity index (χ2n) is 7.59. The Balaban J connectivity index is 2.18. The van der Waals surface area contributed by atoms with Gasteiger partial charge in [-0.05, 0) is 51.8 Å². The van der Waals surface area contributed by atoms with Crippen LogP contribution in [0.5, 0.6) is 5.75 Å². The maximum Gasteiger partial charge on any atom is 0.407 e. The summed E-state index contributed by atoms with van der Waals surface area (Å²) in [7, 11) is -3.76. The molecule has 0 radical (unpaired) electrons. The van der Waals surface area contributed by atoms with Gasteiger partial charge in [-0.25, -0.2) is 13.2 Å². The molecule has 0 aliphatic heterocycles. The van der Waals surface area contributed by atoms with Crippen LogP contribution in [-0.4, -0.2) is 48.8 Å². The summed E-state index contributed by atoms with van der Waals surface area (Å²) in [6.07, 6.45) is -2.23. The Morgan fingerprint density at radius 3 is 2.43 bits per heavy atom. The van der Waals surface area contributed by atoms with Crippen LogP contribution in [-0.2, 0) is 24.1 Å². The van der Waals surface area contributed by atoms with Crippen molar-refractivity contribution in [2.75, 3.05) is 6.61 Å². The van der Waals surface area contributed by atoms with E-state index in [1.165, 1.54) is 24.3 Å². The molecule has 0 heterocycles. The molecule has 1 fully saturated rings. The lowest BCUT2D eigenvalue weighted by Crippen LogP contribution is -2.33. The summed E-state index contributed by atoms with van der Waals surface area (Å²) in [5, 5.41) is 9.43. The number of benzene rings is 1. The Hall–Kier alpha value is -2.33. The average Bonchev–Trinajstić information content (AvgIpc) is 3.34. The first-order valence-corrected chi connectivity index (χ1v) is 10.2. The van der Waals surface area contributed by atoms with Crippen LogP contribution in [0.2, 0.25) is 0 Å². The van der Waals surface area contributed by atoms with Crippen molar-refractivity contribution >= 4 is 21.9 Å². The van der Waals surface area contributed by atoms with E-state index in [1.807, 2.05) is 0 Å². The molecular formula is C18H25NO8S. The fraction of sp³-hybridized carbons (Fsp3) is 0.556. The van der Waals surface area contributed by atoms with Gasteiger partial charge in [-0.3, -0.25) is 4.79 Å². The summed E-state index contributed by atoms with van der Waals surface area (Å²) in [6, 6.07) is 5.53. The van der Waals surface area contributed by atoms with Crippen LogP contribution in [0.25, 0.3) is 0 Å². The van der Waals surface area contributed by atoms with E-state index in [-0.39, 0.29) is 10.6 Å². The fourth-order valence-corrected chi connectivity index (χ4v) is 4.36. The van der Waals surface area contributed by atoms with Crippen molar-refractivity contribution in [3.05, 3.63) is 24.3 Å². The van der Waals surface area contributed by atoms with Crippen molar-refractivity contribution in [3.8, 4) is 5.75 Å². The predicted molar refractivity (Wildman–Crippen MR) is 98.2 cm³/mol. The van der Waals surface area contributed by atoms with E-state index in [0.717, 1.165) is 0 Å². The molecule has 0 saturated heterocycles. The molecule has 1 aromatic carbocycles. The van der Waals surface area contributed by atoms with Crippen LogP contribution in [0.4, 0.5) is 4.79 Å². The number of sulfone groups is 1. The van der Waals surface area contributed by atoms with Crippen LogP contribution in [0.15, 0.2) is 29.2 Å². The summed E-state index contributed by atoms with van der Waals surface area (Å²) in [5.74, 6) is -0.621. The van der Waals surface area contributed by atoms with Gasteiger partial charge in [-0.1, -0.05) is 6.07 Å². The first-order chi connectivity index (χ1) is 12.9. The van der Waals surface area contributed by atoms with Gasteiger partial charge >= 0.3 is 12.1 Å². The highest BCUT2D eigenvalue weighted by molar-refractivity contribution is 7.93. The average molecular weight is 415 g/mol. The molecule has 1 saturated carbocycles. The zero-order chi connectivity index (χ0) is 21.2. The van der Waals surface area contributed by atoms with Crippen molar-refractivity contribution in [1.82, 2.24) is 0 Å². The number of rotatable bonds is 8. The lowest BCUT2D eigenvalue weighted by Gasteiger charge is -2.22. The number of amides is 1. The molecule has 1 aliphatic carbocycles. The molecular weight excluding hydrogens is 390 g/mol. The minimum Gasteiger partial charge on any atom is -0.460 e. The Bertz CT molecular complexity index is 839. The summed E-state index contributed by atoms with van der Waals surface area (Å²) in [5.41, 5.74) is 4.27. The zero-order valence-electron chi connectivity index (χ0n) is 16.0. The second kappa shape index (κ2) is 7.96. The normalized spacial score (nSPS) is 16.7. The van der Waals surface area contributed by atoms with Gasteiger partial charge < -0.3 is 25.1 Å². The van der Waals surface area contributed by atoms with Gasteiger partial charge in [0.05, 0.1) is 16.2 Å². The maximum absolute atomic E-state index is 12.7. The molecule has 0 aromatic heterocycles. The van der Waals surface area contributed by atoms with E-state index in [4.69, 9.17) is 19.9 Å². The second-order valence-corrected chi connectivity index (χ2v) is 9.94. The zero-order valence-corrected chi connectivity index (χ0v) is 16.8. The minimum atomic E-state index is -3.76. The smallest absolute Gasteiger partial charge is 0.407 e. The lowest BCUT2D eigenvalue weighted by atomic mass is 10.2. The number of aliphatic hydroxyl groups is 1. The maximum atomic E-state index is 12.7. The van der Waals surface area contributed by atoms with E-state index < -0.39 is 51.6 Å². The van der Waals surface area contributed by atoms with Gasteiger partial charge in [0.25, 0.3) is 6.29 Å². The van der Waals surface area contributed by atoms with Crippen LogP contribution in [0, 0.1) is 0 Å². The molecule has 28 heavy (non-hydrogen) atoms. The van der Waals surface area contributed by atoms with Crippen molar-refractivity contribution in [1.29, 1.82) is 0 Å². The number of primary amides is 1. The third kappa shape index (κ3) is 5.35. The SMILES string of the molecule is CC(C)(C)OC(=O)C[C@H](OC(N)=O)Oc1cccc(S(=O)(=O)C2(CO)CC2)c1. The summed E-state index contributed by atoms with van der Waals surface area (Å²) < 4.78 is 39.7. The van der Waals surface area contributed by atoms with Crippen molar-refractivity contribution in [3.63, 3.8) is 0 Å². The summed E-state index contributed by atoms with van der Waals surface area (Å²) in [6.45, 7) is 4.57. The topological polar surface area (TPSA) is 142 Å².